The Hall–Kier alpha value is -1.75. The summed E-state index contributed by atoms with van der Waals surface area (Å²) in [7, 11) is 0. The molecule has 0 saturated carbocycles. The lowest BCUT2D eigenvalue weighted by Crippen LogP contribution is -2.25. The summed E-state index contributed by atoms with van der Waals surface area (Å²) in [5.74, 6) is 0.217. The number of nitrogens with one attached hydrogen (secondary N) is 1. The maximum Gasteiger partial charge on any atom is 0.251 e. The van der Waals surface area contributed by atoms with Crippen molar-refractivity contribution >= 4 is 17.3 Å². The minimum atomic E-state index is -0.0818. The number of hydrogen-bond donors (Lipinski definition) is 3. The molecular weight excluding hydrogens is 242 g/mol. The molecule has 104 valence electrons. The van der Waals surface area contributed by atoms with Gasteiger partial charge < -0.3 is 21.1 Å². The number of carbonyl (C=O) groups is 1. The van der Waals surface area contributed by atoms with Crippen LogP contribution in [0.2, 0.25) is 0 Å². The molecular formula is C14H21N3O2. The third kappa shape index (κ3) is 2.98. The van der Waals surface area contributed by atoms with Gasteiger partial charge in [-0.15, -0.1) is 0 Å². The molecule has 0 aromatic heterocycles. The van der Waals surface area contributed by atoms with Gasteiger partial charge in [0.1, 0.15) is 0 Å². The average Bonchev–Trinajstić information content (AvgIpc) is 2.88. The van der Waals surface area contributed by atoms with E-state index in [0.717, 1.165) is 25.2 Å². The lowest BCUT2D eigenvalue weighted by atomic mass is 10.1. The highest BCUT2D eigenvalue weighted by molar-refractivity contribution is 5.96. The van der Waals surface area contributed by atoms with Crippen molar-refractivity contribution < 1.29 is 9.90 Å². The van der Waals surface area contributed by atoms with Crippen molar-refractivity contribution in [1.82, 2.24) is 5.32 Å². The standard InChI is InChI=1S/C14H21N3O2/c1-2-16-14(19)11-3-4-12(15)13(7-11)17-6-5-10(8-17)9-18/h3-4,7,10,18H,2,5-6,8-9,15H2,1H3,(H,16,19). The van der Waals surface area contributed by atoms with E-state index in [1.54, 1.807) is 12.1 Å². The van der Waals surface area contributed by atoms with Crippen LogP contribution in [0.5, 0.6) is 0 Å². The molecule has 1 aliphatic rings. The minimum absolute atomic E-state index is 0.0818. The number of nitrogens with two attached hydrogens (primary N) is 1. The summed E-state index contributed by atoms with van der Waals surface area (Å²) in [6.45, 7) is 4.36. The summed E-state index contributed by atoms with van der Waals surface area (Å²) in [5.41, 5.74) is 8.18. The Morgan fingerprint density at radius 2 is 2.37 bits per heavy atom. The smallest absolute Gasteiger partial charge is 0.251 e. The summed E-state index contributed by atoms with van der Waals surface area (Å²) in [6.07, 6.45) is 0.960. The highest BCUT2D eigenvalue weighted by Crippen LogP contribution is 2.29. The summed E-state index contributed by atoms with van der Waals surface area (Å²) < 4.78 is 0. The summed E-state index contributed by atoms with van der Waals surface area (Å²) in [6, 6.07) is 5.34. The van der Waals surface area contributed by atoms with Crippen LogP contribution in [0.15, 0.2) is 18.2 Å². The normalized spacial score (nSPS) is 18.6. The first-order valence-corrected chi connectivity index (χ1v) is 6.69. The zero-order valence-electron chi connectivity index (χ0n) is 11.2. The first kappa shape index (κ1) is 13.7. The molecule has 1 atom stereocenters. The van der Waals surface area contributed by atoms with Crippen molar-refractivity contribution in [2.75, 3.05) is 36.9 Å². The van der Waals surface area contributed by atoms with Gasteiger partial charge in [0.2, 0.25) is 0 Å². The van der Waals surface area contributed by atoms with Crippen LogP contribution in [-0.2, 0) is 0 Å². The number of nitrogens with zero attached hydrogens (tertiary/aromatic N) is 1. The fraction of sp³-hybridized carbons (Fsp3) is 0.500. The van der Waals surface area contributed by atoms with E-state index in [1.165, 1.54) is 0 Å². The van der Waals surface area contributed by atoms with Gasteiger partial charge in [0.15, 0.2) is 0 Å². The van der Waals surface area contributed by atoms with Gasteiger partial charge >= 0.3 is 0 Å². The predicted octanol–water partition coefficient (Wildman–Crippen LogP) is 0.837. The zero-order valence-corrected chi connectivity index (χ0v) is 11.2. The zero-order chi connectivity index (χ0) is 13.8. The van der Waals surface area contributed by atoms with Crippen molar-refractivity contribution in [2.24, 2.45) is 5.92 Å². The fourth-order valence-corrected chi connectivity index (χ4v) is 2.42. The Labute approximate surface area is 113 Å². The Balaban J connectivity index is 2.20. The molecule has 1 fully saturated rings. The van der Waals surface area contributed by atoms with Gasteiger partial charge in [-0.2, -0.15) is 0 Å². The molecule has 1 aromatic rings. The van der Waals surface area contributed by atoms with E-state index >= 15 is 0 Å². The van der Waals surface area contributed by atoms with Crippen LogP contribution in [0.1, 0.15) is 23.7 Å². The van der Waals surface area contributed by atoms with E-state index in [1.807, 2.05) is 13.0 Å². The van der Waals surface area contributed by atoms with Crippen molar-refractivity contribution in [3.05, 3.63) is 23.8 Å². The molecule has 1 aliphatic heterocycles. The van der Waals surface area contributed by atoms with Gasteiger partial charge in [0.25, 0.3) is 5.91 Å². The molecule has 4 N–H and O–H groups in total. The van der Waals surface area contributed by atoms with Crippen LogP contribution in [0.25, 0.3) is 0 Å². The molecule has 5 heteroatoms. The Morgan fingerprint density at radius 1 is 1.58 bits per heavy atom. The van der Waals surface area contributed by atoms with Gasteiger partial charge in [-0.25, -0.2) is 0 Å². The number of nitrogen functional groups attached to an aromatic ring is 1. The quantitative estimate of drug-likeness (QED) is 0.703. The monoisotopic (exact) mass is 263 g/mol. The molecule has 1 saturated heterocycles. The number of carbonyl (C=O) groups excluding carboxylic acids is 1. The number of amides is 1. The highest BCUT2D eigenvalue weighted by Gasteiger charge is 2.23. The van der Waals surface area contributed by atoms with Crippen LogP contribution in [0, 0.1) is 5.92 Å². The van der Waals surface area contributed by atoms with Crippen LogP contribution in [0.3, 0.4) is 0 Å². The summed E-state index contributed by atoms with van der Waals surface area (Å²) in [5, 5.41) is 12.0. The van der Waals surface area contributed by atoms with Crippen LogP contribution in [0.4, 0.5) is 11.4 Å². The van der Waals surface area contributed by atoms with Gasteiger partial charge in [-0.3, -0.25) is 4.79 Å². The van der Waals surface area contributed by atoms with Crippen molar-refractivity contribution in [3.63, 3.8) is 0 Å². The molecule has 0 spiro atoms. The Morgan fingerprint density at radius 3 is 3.00 bits per heavy atom. The third-order valence-electron chi connectivity index (χ3n) is 3.51. The largest absolute Gasteiger partial charge is 0.397 e. The van der Waals surface area contributed by atoms with Crippen LogP contribution in [-0.4, -0.2) is 37.3 Å². The van der Waals surface area contributed by atoms with E-state index in [4.69, 9.17) is 5.73 Å². The van der Waals surface area contributed by atoms with E-state index in [0.29, 0.717) is 23.7 Å². The van der Waals surface area contributed by atoms with Gasteiger partial charge in [-0.05, 0) is 31.5 Å². The molecule has 1 unspecified atom stereocenters. The van der Waals surface area contributed by atoms with E-state index < -0.39 is 0 Å². The SMILES string of the molecule is CCNC(=O)c1ccc(N)c(N2CCC(CO)C2)c1. The lowest BCUT2D eigenvalue weighted by Gasteiger charge is -2.21. The molecule has 0 radical (unpaired) electrons. The minimum Gasteiger partial charge on any atom is -0.397 e. The second-order valence-corrected chi connectivity index (χ2v) is 4.92. The van der Waals surface area contributed by atoms with Crippen LogP contribution >= 0.6 is 0 Å². The first-order valence-electron chi connectivity index (χ1n) is 6.69. The molecule has 1 aromatic carbocycles. The number of aliphatic hydroxyl groups excluding tert-OH is 1. The Kier molecular flexibility index (Phi) is 4.27. The molecule has 0 bridgehead atoms. The van der Waals surface area contributed by atoms with E-state index in [9.17, 15) is 9.90 Å². The Bertz CT molecular complexity index is 462. The van der Waals surface area contributed by atoms with Crippen LogP contribution < -0.4 is 16.0 Å². The second kappa shape index (κ2) is 5.93. The molecule has 5 nitrogen and oxygen atoms in total. The van der Waals surface area contributed by atoms with E-state index in [2.05, 4.69) is 10.2 Å². The number of benzene rings is 1. The average molecular weight is 263 g/mol. The summed E-state index contributed by atoms with van der Waals surface area (Å²) in [4.78, 5) is 14.0. The summed E-state index contributed by atoms with van der Waals surface area (Å²) >= 11 is 0. The highest BCUT2D eigenvalue weighted by atomic mass is 16.3. The number of aliphatic hydroxyl groups is 1. The van der Waals surface area contributed by atoms with Gasteiger partial charge in [-0.1, -0.05) is 0 Å². The molecule has 19 heavy (non-hydrogen) atoms. The number of rotatable bonds is 4. The number of anilines is 2. The molecule has 1 amide bonds. The van der Waals surface area contributed by atoms with Crippen molar-refractivity contribution in [3.8, 4) is 0 Å². The topological polar surface area (TPSA) is 78.6 Å². The number of hydrogen-bond acceptors (Lipinski definition) is 4. The molecule has 1 heterocycles. The fourth-order valence-electron chi connectivity index (χ4n) is 2.42. The second-order valence-electron chi connectivity index (χ2n) is 4.92. The molecule has 2 rings (SSSR count). The predicted molar refractivity (Wildman–Crippen MR) is 76.3 cm³/mol. The maximum absolute atomic E-state index is 11.8. The third-order valence-corrected chi connectivity index (χ3v) is 3.51. The maximum atomic E-state index is 11.8. The van der Waals surface area contributed by atoms with Crippen molar-refractivity contribution in [1.29, 1.82) is 0 Å². The lowest BCUT2D eigenvalue weighted by molar-refractivity contribution is 0.0956. The van der Waals surface area contributed by atoms with Gasteiger partial charge in [0.05, 0.1) is 11.4 Å². The van der Waals surface area contributed by atoms with Crippen molar-refractivity contribution in [2.45, 2.75) is 13.3 Å². The van der Waals surface area contributed by atoms with Gasteiger partial charge in [0, 0.05) is 37.7 Å². The molecule has 0 aliphatic carbocycles. The van der Waals surface area contributed by atoms with E-state index in [-0.39, 0.29) is 12.5 Å². The first-order chi connectivity index (χ1) is 9.15.